The fourth-order valence-electron chi connectivity index (χ4n) is 0.136. The Morgan fingerprint density at radius 3 is 2.14 bits per heavy atom. The van der Waals surface area contributed by atoms with E-state index in [0.29, 0.717) is 0 Å². The van der Waals surface area contributed by atoms with Crippen LogP contribution >= 0.6 is 0 Å². The Morgan fingerprint density at radius 1 is 1.71 bits per heavy atom. The van der Waals surface area contributed by atoms with Crippen LogP contribution in [-0.2, 0) is 16.1 Å². The summed E-state index contributed by atoms with van der Waals surface area (Å²) in [5, 5.41) is 19.3. The molecule has 4 nitrogen and oxygen atoms in total. The summed E-state index contributed by atoms with van der Waals surface area (Å²) in [7, 11) is 0. The number of nitrogens with two attached hydrogens (primary N) is 2. The van der Waals surface area contributed by atoms with Crippen molar-refractivity contribution in [2.75, 3.05) is 5.75 Å². The van der Waals surface area contributed by atoms with E-state index in [4.69, 9.17) is 10.3 Å². The first-order valence-corrected chi connectivity index (χ1v) is 3.04. The van der Waals surface area contributed by atoms with Crippen molar-refractivity contribution in [2.24, 2.45) is 10.3 Å². The molecule has 4 N–H and O–H groups in total. The highest BCUT2D eigenvalue weighted by atomic mass is 32.2. The van der Waals surface area contributed by atoms with E-state index in [9.17, 15) is 9.90 Å². The molecule has 0 aliphatic carbocycles. The lowest BCUT2D eigenvalue weighted by atomic mass is 10.8. The summed E-state index contributed by atoms with van der Waals surface area (Å²) < 4.78 is 0. The zero-order valence-electron chi connectivity index (χ0n) is 3.59. The van der Waals surface area contributed by atoms with Crippen molar-refractivity contribution in [3.05, 3.63) is 0 Å². The number of carbonyl (C=O) groups excluding carboxylic acids is 1. The molecular weight excluding hydrogens is 116 g/mol. The number of hydrogen-bond acceptors (Lipinski definition) is 4. The van der Waals surface area contributed by atoms with Crippen molar-refractivity contribution < 1.29 is 9.90 Å². The highest BCUT2D eigenvalue weighted by molar-refractivity contribution is 7.93. The minimum absolute atomic E-state index is 0.250. The van der Waals surface area contributed by atoms with Crippen LogP contribution in [0.1, 0.15) is 0 Å². The molecule has 0 aliphatic heterocycles. The third-order valence-corrected chi connectivity index (χ3v) is 0.854. The molecular formula is C2H6N2O2S. The number of carboxylic acid groups (broad SMARTS) is 1. The van der Waals surface area contributed by atoms with Crippen molar-refractivity contribution in [3.8, 4) is 0 Å². The average molecular weight is 122 g/mol. The third-order valence-electron chi connectivity index (χ3n) is 0.285. The maximum atomic E-state index is 9.55. The van der Waals surface area contributed by atoms with E-state index in [2.05, 4.69) is 0 Å². The maximum absolute atomic E-state index is 9.55. The predicted octanol–water partition coefficient (Wildman–Crippen LogP) is -2.90. The minimum atomic E-state index is -1.20. The Balaban J connectivity index is 3.13. The Kier molecular flexibility index (Phi) is 2.73. The van der Waals surface area contributed by atoms with Gasteiger partial charge in [0.2, 0.25) is 0 Å². The summed E-state index contributed by atoms with van der Waals surface area (Å²) in [6.45, 7) is 0. The molecule has 0 unspecified atom stereocenters. The molecule has 5 heteroatoms. The van der Waals surface area contributed by atoms with Gasteiger partial charge >= 0.3 is 0 Å². The second kappa shape index (κ2) is 2.84. The highest BCUT2D eigenvalue weighted by Gasteiger charge is 2.02. The van der Waals surface area contributed by atoms with E-state index >= 15 is 0 Å². The molecule has 0 aliphatic rings. The molecule has 0 atom stereocenters. The van der Waals surface area contributed by atoms with E-state index in [1.54, 1.807) is 0 Å². The summed E-state index contributed by atoms with van der Waals surface area (Å²) in [6, 6.07) is 0. The second-order valence-corrected chi connectivity index (χ2v) is 2.21. The monoisotopic (exact) mass is 122 g/mol. The van der Waals surface area contributed by atoms with E-state index < -0.39 is 17.2 Å². The summed E-state index contributed by atoms with van der Waals surface area (Å²) in [5.74, 6) is -1.45. The van der Waals surface area contributed by atoms with Gasteiger partial charge in [0.1, 0.15) is 0 Å². The zero-order valence-corrected chi connectivity index (χ0v) is 4.40. The molecule has 7 heavy (non-hydrogen) atoms. The van der Waals surface area contributed by atoms with Crippen LogP contribution in [0.3, 0.4) is 0 Å². The molecule has 0 aromatic carbocycles. The molecule has 0 amide bonds. The van der Waals surface area contributed by atoms with Crippen molar-refractivity contribution in [2.45, 2.75) is 0 Å². The molecule has 0 radical (unpaired) electrons. The Hall–Kier alpha value is -0.260. The lowest BCUT2D eigenvalue weighted by molar-refractivity contribution is -0.301. The number of rotatable bonds is 2. The molecule has 0 aromatic rings. The van der Waals surface area contributed by atoms with E-state index in [1.807, 2.05) is 0 Å². The number of aliphatic carboxylic acids is 1. The number of hydrogen-bond donors (Lipinski definition) is 2. The molecule has 0 fully saturated rings. The van der Waals surface area contributed by atoms with Gasteiger partial charge in [0.15, 0.2) is 17.0 Å². The second-order valence-electron chi connectivity index (χ2n) is 0.986. The number of carboxylic acids is 1. The fourth-order valence-corrected chi connectivity index (χ4v) is 0.408. The van der Waals surface area contributed by atoms with Crippen LogP contribution in [0.25, 0.3) is 0 Å². The molecule has 0 bridgehead atoms. The number of carbonyl (C=O) groups is 1. The average Bonchev–Trinajstić information content (AvgIpc) is 1.27. The van der Waals surface area contributed by atoms with Crippen molar-refractivity contribution in [1.82, 2.24) is 0 Å². The first-order valence-electron chi connectivity index (χ1n) is 1.52. The van der Waals surface area contributed by atoms with Crippen LogP contribution in [0, 0.1) is 0 Å². The predicted molar refractivity (Wildman–Crippen MR) is 25.6 cm³/mol. The van der Waals surface area contributed by atoms with E-state index in [0.717, 1.165) is 0 Å². The maximum Gasteiger partial charge on any atom is 0.187 e. The van der Waals surface area contributed by atoms with Gasteiger partial charge in [0.05, 0.1) is 5.97 Å². The molecule has 0 spiro atoms. The summed E-state index contributed by atoms with van der Waals surface area (Å²) in [6.07, 6.45) is 0. The van der Waals surface area contributed by atoms with Crippen molar-refractivity contribution in [3.63, 3.8) is 0 Å². The van der Waals surface area contributed by atoms with Gasteiger partial charge in [-0.15, -0.1) is 10.3 Å². The van der Waals surface area contributed by atoms with E-state index in [-0.39, 0.29) is 5.75 Å². The van der Waals surface area contributed by atoms with Crippen molar-refractivity contribution in [1.29, 1.82) is 0 Å². The molecule has 42 valence electrons. The molecule has 0 rings (SSSR count). The fraction of sp³-hybridized carbons (Fsp3) is 0.500. The molecule has 0 heterocycles. The molecule has 0 aromatic heterocycles. The van der Waals surface area contributed by atoms with Crippen LogP contribution in [0.2, 0.25) is 0 Å². The van der Waals surface area contributed by atoms with Crippen LogP contribution in [-0.4, -0.2) is 11.7 Å². The SMILES string of the molecule is N[S+](N)CC(=O)[O-]. The van der Waals surface area contributed by atoms with Crippen LogP contribution in [0.15, 0.2) is 0 Å². The summed E-state index contributed by atoms with van der Waals surface area (Å²) in [5.41, 5.74) is 0. The van der Waals surface area contributed by atoms with Gasteiger partial charge in [-0.05, 0) is 0 Å². The molecule has 0 saturated carbocycles. The first kappa shape index (κ1) is 6.74. The van der Waals surface area contributed by atoms with Gasteiger partial charge in [-0.25, -0.2) is 0 Å². The lowest BCUT2D eigenvalue weighted by Gasteiger charge is -1.92. The third kappa shape index (κ3) is 5.74. The van der Waals surface area contributed by atoms with Gasteiger partial charge in [-0.2, -0.15) is 0 Å². The molecule has 0 saturated heterocycles. The lowest BCUT2D eigenvalue weighted by Crippen LogP contribution is -2.38. The quantitative estimate of drug-likeness (QED) is 0.384. The standard InChI is InChI=1S/C2H6N2O2S/c3-7(4)1-2(5)6/h1H2,(H3,3,4)(H,5,6). The van der Waals surface area contributed by atoms with Gasteiger partial charge < -0.3 is 9.90 Å². The van der Waals surface area contributed by atoms with Gasteiger partial charge in [-0.1, -0.05) is 0 Å². The Morgan fingerprint density at radius 2 is 2.14 bits per heavy atom. The minimum Gasteiger partial charge on any atom is -0.545 e. The van der Waals surface area contributed by atoms with Gasteiger partial charge in [0.25, 0.3) is 0 Å². The first-order chi connectivity index (χ1) is 3.13. The van der Waals surface area contributed by atoms with Gasteiger partial charge in [0, 0.05) is 0 Å². The smallest absolute Gasteiger partial charge is 0.187 e. The Labute approximate surface area is 44.1 Å². The largest absolute Gasteiger partial charge is 0.545 e. The zero-order chi connectivity index (χ0) is 5.86. The van der Waals surface area contributed by atoms with Gasteiger partial charge in [-0.3, -0.25) is 0 Å². The van der Waals surface area contributed by atoms with Crippen LogP contribution < -0.4 is 15.4 Å². The van der Waals surface area contributed by atoms with Crippen LogP contribution in [0.5, 0.6) is 0 Å². The van der Waals surface area contributed by atoms with Crippen LogP contribution in [0.4, 0.5) is 0 Å². The highest BCUT2D eigenvalue weighted by Crippen LogP contribution is 1.66. The summed E-state index contributed by atoms with van der Waals surface area (Å²) >= 11 is -1.01. The van der Waals surface area contributed by atoms with Crippen molar-refractivity contribution >= 4 is 17.2 Å². The van der Waals surface area contributed by atoms with E-state index in [1.165, 1.54) is 0 Å². The Bertz CT molecular complexity index is 74.1. The summed E-state index contributed by atoms with van der Waals surface area (Å²) in [4.78, 5) is 9.55. The normalized spacial score (nSPS) is 9.57. The topological polar surface area (TPSA) is 92.2 Å².